The smallest absolute Gasteiger partial charge is 0.323 e. The Morgan fingerprint density at radius 3 is 2.43 bits per heavy atom. The number of esters is 1. The predicted molar refractivity (Wildman–Crippen MR) is 54.9 cm³/mol. The minimum atomic E-state index is -0.528. The van der Waals surface area contributed by atoms with Crippen LogP contribution in [-0.2, 0) is 14.3 Å². The molecular formula is C10H21NO3. The van der Waals surface area contributed by atoms with Gasteiger partial charge in [-0.15, -0.1) is 0 Å². The van der Waals surface area contributed by atoms with Crippen molar-refractivity contribution in [2.24, 2.45) is 11.7 Å². The lowest BCUT2D eigenvalue weighted by Gasteiger charge is -2.19. The van der Waals surface area contributed by atoms with E-state index in [1.807, 2.05) is 13.8 Å². The number of ether oxygens (including phenoxy) is 2. The van der Waals surface area contributed by atoms with Crippen molar-refractivity contribution in [3.8, 4) is 0 Å². The summed E-state index contributed by atoms with van der Waals surface area (Å²) in [5.74, 6) is -0.193. The number of carbonyl (C=O) groups excluding carboxylic acids is 1. The molecule has 0 fully saturated rings. The molecule has 0 bridgehead atoms. The number of nitrogens with two attached hydrogens (primary N) is 1. The zero-order valence-electron chi connectivity index (χ0n) is 9.45. The molecule has 2 N–H and O–H groups in total. The van der Waals surface area contributed by atoms with Crippen molar-refractivity contribution in [1.29, 1.82) is 0 Å². The Hall–Kier alpha value is -0.610. The van der Waals surface area contributed by atoms with E-state index in [-0.39, 0.29) is 18.0 Å². The van der Waals surface area contributed by atoms with Crippen LogP contribution in [0.2, 0.25) is 0 Å². The summed E-state index contributed by atoms with van der Waals surface area (Å²) >= 11 is 0. The van der Waals surface area contributed by atoms with Crippen LogP contribution in [0, 0.1) is 5.92 Å². The van der Waals surface area contributed by atoms with Gasteiger partial charge in [-0.3, -0.25) is 4.79 Å². The molecule has 0 aliphatic heterocycles. The summed E-state index contributed by atoms with van der Waals surface area (Å²) in [6.07, 6.45) is 0.636. The number of hydrogen-bond donors (Lipinski definition) is 1. The number of methoxy groups -OCH3 is 1. The molecule has 0 spiro atoms. The van der Waals surface area contributed by atoms with Gasteiger partial charge >= 0.3 is 5.97 Å². The second-order valence-electron chi connectivity index (χ2n) is 3.61. The molecule has 0 heterocycles. The molecule has 0 aliphatic carbocycles. The molecule has 0 saturated heterocycles. The van der Waals surface area contributed by atoms with E-state index in [9.17, 15) is 4.79 Å². The highest BCUT2D eigenvalue weighted by Gasteiger charge is 2.22. The van der Waals surface area contributed by atoms with Crippen LogP contribution in [0.15, 0.2) is 0 Å². The number of hydrogen-bond acceptors (Lipinski definition) is 4. The zero-order valence-corrected chi connectivity index (χ0v) is 9.45. The first-order chi connectivity index (χ1) is 6.52. The Kier molecular flexibility index (Phi) is 6.49. The van der Waals surface area contributed by atoms with Crippen molar-refractivity contribution in [3.05, 3.63) is 0 Å². The Balaban J connectivity index is 3.94. The molecule has 0 aromatic heterocycles. The minimum absolute atomic E-state index is 0.150. The quantitative estimate of drug-likeness (QED) is 0.652. The van der Waals surface area contributed by atoms with Crippen molar-refractivity contribution in [2.75, 3.05) is 13.7 Å². The summed E-state index contributed by atoms with van der Waals surface area (Å²) in [6, 6.07) is -0.528. The van der Waals surface area contributed by atoms with Crippen LogP contribution in [0.5, 0.6) is 0 Å². The van der Waals surface area contributed by atoms with Gasteiger partial charge in [-0.25, -0.2) is 0 Å². The van der Waals surface area contributed by atoms with Gasteiger partial charge in [-0.1, -0.05) is 20.3 Å². The van der Waals surface area contributed by atoms with Crippen molar-refractivity contribution in [2.45, 2.75) is 39.3 Å². The molecule has 0 aromatic rings. The third-order valence-electron chi connectivity index (χ3n) is 2.25. The Morgan fingerprint density at radius 2 is 2.00 bits per heavy atom. The molecular weight excluding hydrogens is 182 g/mol. The molecule has 4 nitrogen and oxygen atoms in total. The van der Waals surface area contributed by atoms with Crippen LogP contribution in [0.3, 0.4) is 0 Å². The fourth-order valence-electron chi connectivity index (χ4n) is 1.03. The summed E-state index contributed by atoms with van der Waals surface area (Å²) < 4.78 is 9.94. The van der Waals surface area contributed by atoms with E-state index >= 15 is 0 Å². The van der Waals surface area contributed by atoms with Crippen molar-refractivity contribution >= 4 is 5.97 Å². The molecule has 0 saturated carbocycles. The average molecular weight is 203 g/mol. The van der Waals surface area contributed by atoms with Crippen molar-refractivity contribution in [3.63, 3.8) is 0 Å². The lowest BCUT2D eigenvalue weighted by Crippen LogP contribution is -2.40. The molecule has 3 atom stereocenters. The van der Waals surface area contributed by atoms with Gasteiger partial charge in [0.1, 0.15) is 12.1 Å². The Bertz CT molecular complexity index is 173. The van der Waals surface area contributed by atoms with Crippen LogP contribution < -0.4 is 5.73 Å². The largest absolute Gasteiger partial charge is 0.459 e. The van der Waals surface area contributed by atoms with Gasteiger partial charge in [-0.2, -0.15) is 0 Å². The molecule has 4 heteroatoms. The maximum absolute atomic E-state index is 11.4. The fourth-order valence-corrected chi connectivity index (χ4v) is 1.03. The van der Waals surface area contributed by atoms with E-state index < -0.39 is 6.04 Å². The van der Waals surface area contributed by atoms with E-state index in [1.165, 1.54) is 0 Å². The van der Waals surface area contributed by atoms with Crippen LogP contribution in [0.25, 0.3) is 0 Å². The summed E-state index contributed by atoms with van der Waals surface area (Å²) in [4.78, 5) is 11.4. The minimum Gasteiger partial charge on any atom is -0.459 e. The van der Waals surface area contributed by atoms with Crippen LogP contribution in [0.4, 0.5) is 0 Å². The van der Waals surface area contributed by atoms with Gasteiger partial charge in [-0.05, 0) is 12.8 Å². The Labute approximate surface area is 85.8 Å². The molecule has 14 heavy (non-hydrogen) atoms. The zero-order chi connectivity index (χ0) is 11.1. The third kappa shape index (κ3) is 4.58. The number of rotatable bonds is 6. The van der Waals surface area contributed by atoms with E-state index in [0.29, 0.717) is 6.61 Å². The molecule has 0 rings (SSSR count). The molecule has 0 amide bonds. The van der Waals surface area contributed by atoms with Crippen LogP contribution >= 0.6 is 0 Å². The second kappa shape index (κ2) is 6.79. The van der Waals surface area contributed by atoms with E-state index in [4.69, 9.17) is 15.2 Å². The van der Waals surface area contributed by atoms with Crippen LogP contribution in [-0.4, -0.2) is 31.8 Å². The summed E-state index contributed by atoms with van der Waals surface area (Å²) in [7, 11) is 1.57. The topological polar surface area (TPSA) is 61.6 Å². The lowest BCUT2D eigenvalue weighted by molar-refractivity contribution is -0.153. The molecule has 0 radical (unpaired) electrons. The lowest BCUT2D eigenvalue weighted by atomic mass is 10.0. The summed E-state index contributed by atoms with van der Waals surface area (Å²) in [6.45, 7) is 6.12. The monoisotopic (exact) mass is 203 g/mol. The van der Waals surface area contributed by atoms with Gasteiger partial charge in [0.25, 0.3) is 0 Å². The maximum atomic E-state index is 11.4. The van der Waals surface area contributed by atoms with Gasteiger partial charge in [0.2, 0.25) is 0 Å². The van der Waals surface area contributed by atoms with E-state index in [0.717, 1.165) is 6.42 Å². The fraction of sp³-hybridized carbons (Fsp3) is 0.900. The van der Waals surface area contributed by atoms with Crippen molar-refractivity contribution in [1.82, 2.24) is 0 Å². The van der Waals surface area contributed by atoms with E-state index in [2.05, 4.69) is 0 Å². The third-order valence-corrected chi connectivity index (χ3v) is 2.25. The van der Waals surface area contributed by atoms with Crippen LogP contribution in [0.1, 0.15) is 27.2 Å². The SMILES string of the molecule is CCC(C)C(N)C(=O)OC(C)COC. The Morgan fingerprint density at radius 1 is 1.43 bits per heavy atom. The maximum Gasteiger partial charge on any atom is 0.323 e. The first-order valence-corrected chi connectivity index (χ1v) is 4.97. The van der Waals surface area contributed by atoms with Gasteiger partial charge in [0, 0.05) is 7.11 Å². The molecule has 84 valence electrons. The van der Waals surface area contributed by atoms with Gasteiger partial charge in [0.15, 0.2) is 0 Å². The first-order valence-electron chi connectivity index (χ1n) is 4.97. The highest BCUT2D eigenvalue weighted by atomic mass is 16.6. The predicted octanol–water partition coefficient (Wildman–Crippen LogP) is 0.938. The highest BCUT2D eigenvalue weighted by Crippen LogP contribution is 2.07. The molecule has 3 unspecified atom stereocenters. The molecule has 0 aromatic carbocycles. The second-order valence-corrected chi connectivity index (χ2v) is 3.61. The van der Waals surface area contributed by atoms with E-state index in [1.54, 1.807) is 14.0 Å². The van der Waals surface area contributed by atoms with Crippen molar-refractivity contribution < 1.29 is 14.3 Å². The highest BCUT2D eigenvalue weighted by molar-refractivity contribution is 5.75. The van der Waals surface area contributed by atoms with Gasteiger partial charge < -0.3 is 15.2 Å². The summed E-state index contributed by atoms with van der Waals surface area (Å²) in [5.41, 5.74) is 5.70. The summed E-state index contributed by atoms with van der Waals surface area (Å²) in [5, 5.41) is 0. The molecule has 0 aliphatic rings. The normalized spacial score (nSPS) is 17.2. The number of carbonyl (C=O) groups is 1. The first kappa shape index (κ1) is 13.4. The van der Waals surface area contributed by atoms with Gasteiger partial charge in [0.05, 0.1) is 6.61 Å². The average Bonchev–Trinajstić information content (AvgIpc) is 2.15. The standard InChI is InChI=1S/C10H21NO3/c1-5-7(2)9(11)10(12)14-8(3)6-13-4/h7-9H,5-6,11H2,1-4H3.